The first-order chi connectivity index (χ1) is 16.1. The molecule has 11 nitrogen and oxygen atoms in total. The molecule has 33 heavy (non-hydrogen) atoms. The topological polar surface area (TPSA) is 167 Å². The van der Waals surface area contributed by atoms with E-state index >= 15 is 0 Å². The van der Waals surface area contributed by atoms with Crippen LogP contribution in [-0.2, 0) is 0 Å². The summed E-state index contributed by atoms with van der Waals surface area (Å²) in [5, 5.41) is 45.2. The maximum atomic E-state index is 9.05. The molecule has 168 valence electrons. The van der Waals surface area contributed by atoms with Gasteiger partial charge < -0.3 is 14.7 Å². The number of rotatable bonds is 15. The van der Waals surface area contributed by atoms with Crippen molar-refractivity contribution in [1.29, 1.82) is 26.3 Å². The summed E-state index contributed by atoms with van der Waals surface area (Å²) in [4.78, 5) is 18.9. The van der Waals surface area contributed by atoms with Crippen LogP contribution >= 0.6 is 0 Å². The minimum absolute atomic E-state index is 0.212. The summed E-state index contributed by atoms with van der Waals surface area (Å²) < 4.78 is 0. The summed E-state index contributed by atoms with van der Waals surface area (Å²) in [5.74, 6) is 3.43. The lowest BCUT2D eigenvalue weighted by Crippen LogP contribution is -2.34. The standard InChI is InChI=1S/C22H25N11/c1-2-3-14-31(15-4-9-23)20-28-21(32(16-5-10-24)17-6-11-25)30-22(29-20)33(18-7-12-26)19-8-13-27/h1H,3-8,14-19H2. The Morgan fingerprint density at radius 3 is 0.939 bits per heavy atom. The van der Waals surface area contributed by atoms with Crippen molar-refractivity contribution < 1.29 is 0 Å². The van der Waals surface area contributed by atoms with Gasteiger partial charge >= 0.3 is 0 Å². The van der Waals surface area contributed by atoms with Crippen molar-refractivity contribution in [2.24, 2.45) is 0 Å². The first-order valence-corrected chi connectivity index (χ1v) is 10.4. The van der Waals surface area contributed by atoms with Crippen LogP contribution in [-0.4, -0.2) is 54.2 Å². The molecule has 0 N–H and O–H groups in total. The number of hydrogen-bond acceptors (Lipinski definition) is 11. The highest BCUT2D eigenvalue weighted by atomic mass is 15.4. The van der Waals surface area contributed by atoms with Gasteiger partial charge in [0.1, 0.15) is 0 Å². The van der Waals surface area contributed by atoms with Gasteiger partial charge in [0.2, 0.25) is 17.8 Å². The lowest BCUT2D eigenvalue weighted by atomic mass is 10.3. The number of hydrogen-bond donors (Lipinski definition) is 0. The van der Waals surface area contributed by atoms with Crippen LogP contribution in [0.3, 0.4) is 0 Å². The molecule has 0 aliphatic rings. The second-order valence-corrected chi connectivity index (χ2v) is 6.69. The second-order valence-electron chi connectivity index (χ2n) is 6.69. The van der Waals surface area contributed by atoms with E-state index < -0.39 is 0 Å². The quantitative estimate of drug-likeness (QED) is 0.363. The Balaban J connectivity index is 3.54. The predicted molar refractivity (Wildman–Crippen MR) is 121 cm³/mol. The molecule has 0 atom stereocenters. The maximum absolute atomic E-state index is 9.05. The Hall–Kier alpha value is -4.58. The van der Waals surface area contributed by atoms with Gasteiger partial charge in [-0.15, -0.1) is 12.3 Å². The van der Waals surface area contributed by atoms with Crippen LogP contribution in [0, 0.1) is 69.0 Å². The fraction of sp³-hybridized carbons (Fsp3) is 0.545. The van der Waals surface area contributed by atoms with Crippen molar-refractivity contribution in [2.45, 2.75) is 38.5 Å². The minimum atomic E-state index is 0.212. The molecular weight excluding hydrogens is 418 g/mol. The summed E-state index contributed by atoms with van der Waals surface area (Å²) in [7, 11) is 0. The Morgan fingerprint density at radius 1 is 0.485 bits per heavy atom. The van der Waals surface area contributed by atoms with E-state index in [1.165, 1.54) is 0 Å². The average Bonchev–Trinajstić information content (AvgIpc) is 2.84. The summed E-state index contributed by atoms with van der Waals surface area (Å²) in [6, 6.07) is 10.4. The van der Waals surface area contributed by atoms with Crippen molar-refractivity contribution in [2.75, 3.05) is 54.0 Å². The maximum Gasteiger partial charge on any atom is 0.232 e. The number of nitrogens with zero attached hydrogens (tertiary/aromatic N) is 11. The monoisotopic (exact) mass is 443 g/mol. The first-order valence-electron chi connectivity index (χ1n) is 10.4. The number of terminal acetylenes is 1. The Morgan fingerprint density at radius 2 is 0.727 bits per heavy atom. The van der Waals surface area contributed by atoms with Gasteiger partial charge in [-0.05, 0) is 0 Å². The molecule has 1 rings (SSSR count). The van der Waals surface area contributed by atoms with Crippen LogP contribution in [0.1, 0.15) is 38.5 Å². The van der Waals surface area contributed by atoms with Crippen molar-refractivity contribution in [3.63, 3.8) is 0 Å². The molecule has 0 unspecified atom stereocenters. The smallest absolute Gasteiger partial charge is 0.232 e. The number of anilines is 3. The van der Waals surface area contributed by atoms with E-state index in [1.807, 2.05) is 0 Å². The highest BCUT2D eigenvalue weighted by molar-refractivity contribution is 5.47. The molecule has 1 aromatic heterocycles. The molecule has 11 heteroatoms. The molecule has 0 bridgehead atoms. The molecule has 0 aliphatic carbocycles. The highest BCUT2D eigenvalue weighted by Gasteiger charge is 2.20. The van der Waals surface area contributed by atoms with Crippen molar-refractivity contribution >= 4 is 17.8 Å². The van der Waals surface area contributed by atoms with Gasteiger partial charge in [-0.25, -0.2) is 0 Å². The third-order valence-corrected chi connectivity index (χ3v) is 4.44. The number of nitriles is 5. The van der Waals surface area contributed by atoms with Crippen LogP contribution in [0.5, 0.6) is 0 Å². The Bertz CT molecular complexity index is 799. The molecule has 1 aromatic rings. The molecule has 0 spiro atoms. The van der Waals surface area contributed by atoms with Crippen molar-refractivity contribution in [1.82, 2.24) is 15.0 Å². The highest BCUT2D eigenvalue weighted by Crippen LogP contribution is 2.21. The summed E-state index contributed by atoms with van der Waals surface area (Å²) in [6.07, 6.45) is 6.93. The summed E-state index contributed by atoms with van der Waals surface area (Å²) in [6.45, 7) is 2.06. The van der Waals surface area contributed by atoms with Crippen LogP contribution < -0.4 is 14.7 Å². The van der Waals surface area contributed by atoms with E-state index in [4.69, 9.17) is 32.7 Å². The molecule has 0 radical (unpaired) electrons. The van der Waals surface area contributed by atoms with Crippen LogP contribution in [0.25, 0.3) is 0 Å². The van der Waals surface area contributed by atoms with E-state index in [2.05, 4.69) is 51.2 Å². The molecule has 0 aliphatic heterocycles. The van der Waals surface area contributed by atoms with E-state index in [0.29, 0.717) is 51.6 Å². The van der Waals surface area contributed by atoms with Gasteiger partial charge in [0.05, 0.1) is 62.5 Å². The fourth-order valence-electron chi connectivity index (χ4n) is 2.83. The minimum Gasteiger partial charge on any atom is -0.339 e. The summed E-state index contributed by atoms with van der Waals surface area (Å²) in [5.41, 5.74) is 0. The number of aromatic nitrogens is 3. The largest absolute Gasteiger partial charge is 0.339 e. The van der Waals surface area contributed by atoms with E-state index in [9.17, 15) is 0 Å². The molecular formula is C22H25N11. The van der Waals surface area contributed by atoms with E-state index in [-0.39, 0.29) is 44.0 Å². The molecule has 0 aromatic carbocycles. The van der Waals surface area contributed by atoms with Gasteiger partial charge in [-0.2, -0.15) is 41.3 Å². The zero-order chi connectivity index (χ0) is 24.3. The van der Waals surface area contributed by atoms with Crippen LogP contribution in [0.2, 0.25) is 0 Å². The molecule has 0 fully saturated rings. The average molecular weight is 444 g/mol. The third kappa shape index (κ3) is 9.40. The van der Waals surface area contributed by atoms with E-state index in [1.54, 1.807) is 14.7 Å². The molecule has 1 heterocycles. The molecule has 0 saturated carbocycles. The van der Waals surface area contributed by atoms with Gasteiger partial charge in [0, 0.05) is 45.7 Å². The fourth-order valence-corrected chi connectivity index (χ4v) is 2.83. The van der Waals surface area contributed by atoms with Crippen LogP contribution in [0.4, 0.5) is 17.8 Å². The zero-order valence-corrected chi connectivity index (χ0v) is 18.5. The third-order valence-electron chi connectivity index (χ3n) is 4.44. The summed E-state index contributed by atoms with van der Waals surface area (Å²) >= 11 is 0. The lowest BCUT2D eigenvalue weighted by molar-refractivity contribution is 0.709. The molecule has 0 amide bonds. The first kappa shape index (κ1) is 26.5. The molecule has 0 saturated heterocycles. The van der Waals surface area contributed by atoms with Gasteiger partial charge in [0.15, 0.2) is 0 Å². The van der Waals surface area contributed by atoms with Gasteiger partial charge in [0.25, 0.3) is 0 Å². The Kier molecular flexibility index (Phi) is 13.0. The van der Waals surface area contributed by atoms with Gasteiger partial charge in [-0.3, -0.25) is 0 Å². The predicted octanol–water partition coefficient (Wildman–Crippen LogP) is 1.88. The Labute approximate surface area is 194 Å². The van der Waals surface area contributed by atoms with Gasteiger partial charge in [-0.1, -0.05) is 0 Å². The van der Waals surface area contributed by atoms with Crippen molar-refractivity contribution in [3.05, 3.63) is 0 Å². The zero-order valence-electron chi connectivity index (χ0n) is 18.5. The van der Waals surface area contributed by atoms with Crippen molar-refractivity contribution in [3.8, 4) is 42.7 Å². The second kappa shape index (κ2) is 16.2. The normalized spacial score (nSPS) is 9.27. The van der Waals surface area contributed by atoms with Crippen LogP contribution in [0.15, 0.2) is 0 Å². The SMILES string of the molecule is C#CCCN(CCC#N)c1nc(N(CCC#N)CCC#N)nc(N(CCC#N)CCC#N)n1. The lowest BCUT2D eigenvalue weighted by Gasteiger charge is -2.27. The van der Waals surface area contributed by atoms with E-state index in [0.717, 1.165) is 0 Å².